The van der Waals surface area contributed by atoms with E-state index in [0.717, 1.165) is 16.5 Å². The minimum atomic E-state index is -1.00. The van der Waals surface area contributed by atoms with Gasteiger partial charge in [-0.3, -0.25) is 9.59 Å². The summed E-state index contributed by atoms with van der Waals surface area (Å²) in [5.41, 5.74) is 2.50. The Morgan fingerprint density at radius 2 is 2.00 bits per heavy atom. The summed E-state index contributed by atoms with van der Waals surface area (Å²) in [5, 5.41) is 12.9. The molecule has 26 heavy (non-hydrogen) atoms. The molecule has 0 saturated carbocycles. The quantitative estimate of drug-likeness (QED) is 0.871. The number of carbonyl (C=O) groups excluding carboxylic acids is 2. The van der Waals surface area contributed by atoms with Crippen LogP contribution in [0.1, 0.15) is 35.8 Å². The highest BCUT2D eigenvalue weighted by molar-refractivity contribution is 6.01. The van der Waals surface area contributed by atoms with Gasteiger partial charge in [0.25, 0.3) is 5.91 Å². The molecule has 2 heterocycles. The first-order valence-corrected chi connectivity index (χ1v) is 8.70. The minimum Gasteiger partial charge on any atom is -0.480 e. The van der Waals surface area contributed by atoms with Gasteiger partial charge in [-0.2, -0.15) is 0 Å². The van der Waals surface area contributed by atoms with Crippen molar-refractivity contribution in [2.24, 2.45) is 7.05 Å². The fraction of sp³-hybridized carbons (Fsp3) is 0.421. The number of aryl methyl sites for hydroxylation is 2. The van der Waals surface area contributed by atoms with Crippen LogP contribution in [0.4, 0.5) is 0 Å². The summed E-state index contributed by atoms with van der Waals surface area (Å²) >= 11 is 0. The molecule has 2 N–H and O–H groups in total. The molecular weight excluding hydrogens is 334 g/mol. The smallest absolute Gasteiger partial charge is 0.326 e. The third-order valence-electron chi connectivity index (χ3n) is 4.97. The van der Waals surface area contributed by atoms with Gasteiger partial charge in [0.15, 0.2) is 0 Å². The average molecular weight is 357 g/mol. The summed E-state index contributed by atoms with van der Waals surface area (Å²) in [6.45, 7) is 3.98. The zero-order valence-corrected chi connectivity index (χ0v) is 15.2. The monoisotopic (exact) mass is 357 g/mol. The molecule has 2 aromatic rings. The van der Waals surface area contributed by atoms with Crippen LogP contribution in [0.2, 0.25) is 0 Å². The van der Waals surface area contributed by atoms with E-state index in [9.17, 15) is 19.5 Å². The summed E-state index contributed by atoms with van der Waals surface area (Å²) in [6, 6.07) is 6.14. The third kappa shape index (κ3) is 3.16. The zero-order valence-electron chi connectivity index (χ0n) is 15.2. The van der Waals surface area contributed by atoms with Crippen molar-refractivity contribution >= 4 is 28.7 Å². The number of hydrogen-bond donors (Lipinski definition) is 2. The highest BCUT2D eigenvalue weighted by Gasteiger charge is 2.36. The number of hydrogen-bond acceptors (Lipinski definition) is 3. The van der Waals surface area contributed by atoms with Gasteiger partial charge in [0.1, 0.15) is 17.8 Å². The number of rotatable bonds is 4. The van der Waals surface area contributed by atoms with Gasteiger partial charge in [0, 0.05) is 24.5 Å². The van der Waals surface area contributed by atoms with Gasteiger partial charge in [-0.1, -0.05) is 11.6 Å². The molecule has 2 unspecified atom stereocenters. The molecule has 0 bridgehead atoms. The van der Waals surface area contributed by atoms with E-state index < -0.39 is 18.1 Å². The van der Waals surface area contributed by atoms with Gasteiger partial charge in [0.2, 0.25) is 5.91 Å². The normalized spacial score (nSPS) is 18.1. The first kappa shape index (κ1) is 18.0. The van der Waals surface area contributed by atoms with E-state index in [1.165, 1.54) is 4.90 Å². The van der Waals surface area contributed by atoms with Crippen LogP contribution in [0, 0.1) is 6.92 Å². The maximum absolute atomic E-state index is 12.6. The van der Waals surface area contributed by atoms with Crippen molar-refractivity contribution in [2.75, 3.05) is 6.54 Å². The van der Waals surface area contributed by atoms with Gasteiger partial charge in [-0.05, 0) is 44.9 Å². The Labute approximate surface area is 151 Å². The van der Waals surface area contributed by atoms with Gasteiger partial charge in [-0.25, -0.2) is 4.79 Å². The molecule has 1 aromatic carbocycles. The highest BCUT2D eigenvalue weighted by Crippen LogP contribution is 2.21. The van der Waals surface area contributed by atoms with Gasteiger partial charge >= 0.3 is 5.97 Å². The average Bonchev–Trinajstić information content (AvgIpc) is 3.19. The predicted octanol–water partition coefficient (Wildman–Crippen LogP) is 1.68. The number of aromatic nitrogens is 1. The van der Waals surface area contributed by atoms with Gasteiger partial charge in [-0.15, -0.1) is 0 Å². The summed E-state index contributed by atoms with van der Waals surface area (Å²) in [4.78, 5) is 37.8. The Hall–Kier alpha value is -2.83. The largest absolute Gasteiger partial charge is 0.480 e. The van der Waals surface area contributed by atoms with E-state index in [4.69, 9.17) is 0 Å². The lowest BCUT2D eigenvalue weighted by molar-refractivity contribution is -0.148. The number of nitrogens with zero attached hydrogens (tertiary/aromatic N) is 2. The van der Waals surface area contributed by atoms with Crippen LogP contribution in [0.25, 0.3) is 10.9 Å². The number of carbonyl (C=O) groups is 3. The van der Waals surface area contributed by atoms with E-state index in [1.54, 1.807) is 24.6 Å². The Bertz CT molecular complexity index is 886. The van der Waals surface area contributed by atoms with E-state index in [1.807, 2.05) is 25.1 Å². The number of carboxylic acid groups (broad SMARTS) is 1. The predicted molar refractivity (Wildman–Crippen MR) is 97.0 cm³/mol. The Kier molecular flexibility index (Phi) is 4.71. The molecule has 0 aliphatic carbocycles. The molecule has 3 rings (SSSR count). The Balaban J connectivity index is 1.76. The first-order valence-electron chi connectivity index (χ1n) is 8.70. The van der Waals surface area contributed by atoms with Crippen LogP contribution in [0.3, 0.4) is 0 Å². The van der Waals surface area contributed by atoms with Crippen LogP contribution in [0.15, 0.2) is 24.3 Å². The summed E-state index contributed by atoms with van der Waals surface area (Å²) < 4.78 is 1.79. The molecule has 7 heteroatoms. The molecule has 0 spiro atoms. The topological polar surface area (TPSA) is 91.6 Å². The molecule has 2 atom stereocenters. The number of fused-ring (bicyclic) bond motifs is 1. The molecule has 1 fully saturated rings. The molecule has 1 aliphatic rings. The van der Waals surface area contributed by atoms with E-state index in [0.29, 0.717) is 25.1 Å². The number of nitrogens with one attached hydrogen (secondary N) is 1. The molecule has 1 aliphatic heterocycles. The second-order valence-corrected chi connectivity index (χ2v) is 6.87. The number of carboxylic acids is 1. The third-order valence-corrected chi connectivity index (χ3v) is 4.97. The molecule has 2 amide bonds. The van der Waals surface area contributed by atoms with Crippen LogP contribution < -0.4 is 5.32 Å². The fourth-order valence-corrected chi connectivity index (χ4v) is 3.56. The van der Waals surface area contributed by atoms with E-state index >= 15 is 0 Å². The lowest BCUT2D eigenvalue weighted by atomic mass is 10.2. The lowest BCUT2D eigenvalue weighted by Gasteiger charge is -2.25. The molecule has 7 nitrogen and oxygen atoms in total. The zero-order chi connectivity index (χ0) is 19.0. The maximum atomic E-state index is 12.6. The second kappa shape index (κ2) is 6.82. The standard InChI is InChI=1S/C19H23N3O4/c1-11-6-7-14-13(9-11)10-16(21(14)3)17(23)20-12(2)18(24)22-8-4-5-15(22)19(25)26/h6-7,9-10,12,15H,4-5,8H2,1-3H3,(H,20,23)(H,25,26). The molecule has 1 saturated heterocycles. The van der Waals surface area contributed by atoms with Gasteiger partial charge in [0.05, 0.1) is 0 Å². The van der Waals surface area contributed by atoms with Gasteiger partial charge < -0.3 is 19.9 Å². The maximum Gasteiger partial charge on any atom is 0.326 e. The molecule has 138 valence electrons. The van der Waals surface area contributed by atoms with Crippen LogP contribution >= 0.6 is 0 Å². The molecular formula is C19H23N3O4. The summed E-state index contributed by atoms with van der Waals surface area (Å²) in [6.07, 6.45) is 1.11. The number of aliphatic carboxylic acids is 1. The number of likely N-dealkylation sites (tertiary alicyclic amines) is 1. The van der Waals surface area contributed by atoms with Crippen molar-refractivity contribution in [1.29, 1.82) is 0 Å². The van der Waals surface area contributed by atoms with Crippen LogP contribution in [-0.2, 0) is 16.6 Å². The summed E-state index contributed by atoms with van der Waals surface area (Å²) in [7, 11) is 1.81. The van der Waals surface area contributed by atoms with Crippen molar-refractivity contribution in [3.63, 3.8) is 0 Å². The van der Waals surface area contributed by atoms with Crippen molar-refractivity contribution in [1.82, 2.24) is 14.8 Å². The van der Waals surface area contributed by atoms with Crippen LogP contribution in [-0.4, -0.2) is 51.0 Å². The number of benzene rings is 1. The van der Waals surface area contributed by atoms with Crippen molar-refractivity contribution < 1.29 is 19.5 Å². The second-order valence-electron chi connectivity index (χ2n) is 6.87. The van der Waals surface area contributed by atoms with Crippen molar-refractivity contribution in [2.45, 2.75) is 38.8 Å². The van der Waals surface area contributed by atoms with Crippen molar-refractivity contribution in [3.05, 3.63) is 35.5 Å². The number of amides is 2. The highest BCUT2D eigenvalue weighted by atomic mass is 16.4. The van der Waals surface area contributed by atoms with E-state index in [2.05, 4.69) is 5.32 Å². The SMILES string of the molecule is Cc1ccc2c(c1)cc(C(=O)NC(C)C(=O)N1CCCC1C(=O)O)n2C. The summed E-state index contributed by atoms with van der Waals surface area (Å²) in [5.74, 6) is -1.72. The van der Waals surface area contributed by atoms with Crippen molar-refractivity contribution in [3.8, 4) is 0 Å². The first-order chi connectivity index (χ1) is 12.3. The minimum absolute atomic E-state index is 0.353. The lowest BCUT2D eigenvalue weighted by Crippen LogP contribution is -2.50. The van der Waals surface area contributed by atoms with E-state index in [-0.39, 0.29) is 11.8 Å². The Morgan fingerprint density at radius 1 is 1.27 bits per heavy atom. The Morgan fingerprint density at radius 3 is 2.69 bits per heavy atom. The molecule has 1 aromatic heterocycles. The fourth-order valence-electron chi connectivity index (χ4n) is 3.56. The molecule has 0 radical (unpaired) electrons. The van der Waals surface area contributed by atoms with Crippen LogP contribution in [0.5, 0.6) is 0 Å².